The van der Waals surface area contributed by atoms with Crippen LogP contribution in [0, 0.1) is 5.92 Å². The first-order valence-electron chi connectivity index (χ1n) is 6.32. The van der Waals surface area contributed by atoms with Crippen LogP contribution in [0.15, 0.2) is 18.2 Å². The fourth-order valence-corrected chi connectivity index (χ4v) is 2.21. The van der Waals surface area contributed by atoms with Gasteiger partial charge in [0, 0.05) is 11.6 Å². The van der Waals surface area contributed by atoms with Gasteiger partial charge in [-0.2, -0.15) is 0 Å². The summed E-state index contributed by atoms with van der Waals surface area (Å²) in [5.74, 6) is 0.675. The van der Waals surface area contributed by atoms with Crippen LogP contribution < -0.4 is 10.1 Å². The number of aromatic hydroxyl groups is 1. The molecule has 0 bridgehead atoms. The molecule has 1 aromatic carbocycles. The molecule has 0 aromatic heterocycles. The fraction of sp³-hybridized carbons (Fsp3) is 0.500. The quantitative estimate of drug-likeness (QED) is 0.810. The molecule has 1 aromatic rings. The minimum absolute atomic E-state index is 0.0675. The topological polar surface area (TPSA) is 67.8 Å². The molecule has 0 fully saturated rings. The van der Waals surface area contributed by atoms with Crippen LogP contribution in [-0.2, 0) is 9.53 Å². The van der Waals surface area contributed by atoms with E-state index in [4.69, 9.17) is 9.47 Å². The molecule has 1 aliphatic rings. The minimum Gasteiger partial charge on any atom is -0.508 e. The van der Waals surface area contributed by atoms with Gasteiger partial charge in [0.05, 0.1) is 13.2 Å². The summed E-state index contributed by atoms with van der Waals surface area (Å²) in [5, 5.41) is 12.7. The molecule has 0 saturated heterocycles. The van der Waals surface area contributed by atoms with Crippen molar-refractivity contribution in [2.75, 3.05) is 13.7 Å². The number of benzene rings is 1. The highest BCUT2D eigenvalue weighted by molar-refractivity contribution is 5.76. The maximum Gasteiger partial charge on any atom is 0.323 e. The number of hydrogen-bond donors (Lipinski definition) is 2. The number of esters is 1. The van der Waals surface area contributed by atoms with E-state index in [-0.39, 0.29) is 29.7 Å². The first kappa shape index (κ1) is 13.7. The summed E-state index contributed by atoms with van der Waals surface area (Å²) in [4.78, 5) is 11.7. The van der Waals surface area contributed by atoms with E-state index in [1.165, 1.54) is 7.11 Å². The van der Waals surface area contributed by atoms with Crippen LogP contribution in [-0.4, -0.2) is 30.8 Å². The van der Waals surface area contributed by atoms with Crippen molar-refractivity contribution in [2.45, 2.75) is 25.9 Å². The molecule has 2 atom stereocenters. The maximum atomic E-state index is 11.7. The number of carbonyl (C=O) groups is 1. The molecule has 0 spiro atoms. The van der Waals surface area contributed by atoms with Crippen molar-refractivity contribution in [3.8, 4) is 11.5 Å². The highest BCUT2D eigenvalue weighted by Crippen LogP contribution is 2.35. The molecular weight excluding hydrogens is 246 g/mol. The molecule has 2 rings (SSSR count). The predicted molar refractivity (Wildman–Crippen MR) is 70.1 cm³/mol. The zero-order chi connectivity index (χ0) is 14.0. The molecule has 0 saturated carbocycles. The molecule has 0 amide bonds. The second kappa shape index (κ2) is 5.48. The van der Waals surface area contributed by atoms with Crippen LogP contribution in [0.25, 0.3) is 0 Å². The monoisotopic (exact) mass is 265 g/mol. The number of fused-ring (bicyclic) bond motifs is 1. The van der Waals surface area contributed by atoms with Gasteiger partial charge in [0.25, 0.3) is 0 Å². The van der Waals surface area contributed by atoms with Gasteiger partial charge < -0.3 is 14.6 Å². The summed E-state index contributed by atoms with van der Waals surface area (Å²) in [6.07, 6.45) is 0. The SMILES string of the molecule is COC(=O)[C@@H](NC1COc2cc(O)ccc21)C(C)C. The Kier molecular flexibility index (Phi) is 3.95. The third-order valence-electron chi connectivity index (χ3n) is 3.28. The lowest BCUT2D eigenvalue weighted by molar-refractivity contribution is -0.144. The number of phenolic OH excluding ortho intramolecular Hbond substituents is 1. The van der Waals surface area contributed by atoms with Gasteiger partial charge in [0.2, 0.25) is 0 Å². The number of ether oxygens (including phenoxy) is 2. The van der Waals surface area contributed by atoms with Gasteiger partial charge in [-0.3, -0.25) is 10.1 Å². The first-order chi connectivity index (χ1) is 9.02. The highest BCUT2D eigenvalue weighted by atomic mass is 16.5. The number of nitrogens with one attached hydrogen (secondary N) is 1. The zero-order valence-corrected chi connectivity index (χ0v) is 11.3. The number of carbonyl (C=O) groups excluding carboxylic acids is 1. The largest absolute Gasteiger partial charge is 0.508 e. The molecule has 2 N–H and O–H groups in total. The summed E-state index contributed by atoms with van der Waals surface area (Å²) in [5.41, 5.74) is 0.951. The van der Waals surface area contributed by atoms with Crippen molar-refractivity contribution in [1.82, 2.24) is 5.32 Å². The van der Waals surface area contributed by atoms with E-state index in [0.29, 0.717) is 12.4 Å². The van der Waals surface area contributed by atoms with Gasteiger partial charge >= 0.3 is 5.97 Å². The fourth-order valence-electron chi connectivity index (χ4n) is 2.21. The van der Waals surface area contributed by atoms with Gasteiger partial charge in [-0.05, 0) is 18.1 Å². The molecule has 0 radical (unpaired) electrons. The number of phenols is 1. The third-order valence-corrected chi connectivity index (χ3v) is 3.28. The van der Waals surface area contributed by atoms with Gasteiger partial charge in [0.1, 0.15) is 24.1 Å². The summed E-state index contributed by atoms with van der Waals surface area (Å²) < 4.78 is 10.3. The molecule has 1 unspecified atom stereocenters. The van der Waals surface area contributed by atoms with E-state index in [9.17, 15) is 9.90 Å². The van der Waals surface area contributed by atoms with Gasteiger partial charge in [-0.25, -0.2) is 0 Å². The van der Waals surface area contributed by atoms with E-state index in [2.05, 4.69) is 5.32 Å². The van der Waals surface area contributed by atoms with E-state index in [1.54, 1.807) is 12.1 Å². The molecular formula is C14H19NO4. The van der Waals surface area contributed by atoms with Gasteiger partial charge in [-0.1, -0.05) is 13.8 Å². The third kappa shape index (κ3) is 2.81. The molecule has 1 heterocycles. The van der Waals surface area contributed by atoms with Crippen LogP contribution in [0.4, 0.5) is 0 Å². The Balaban J connectivity index is 2.15. The summed E-state index contributed by atoms with van der Waals surface area (Å²) in [6.45, 7) is 4.36. The van der Waals surface area contributed by atoms with Crippen LogP contribution in [0.5, 0.6) is 11.5 Å². The molecule has 19 heavy (non-hydrogen) atoms. The Morgan fingerprint density at radius 2 is 2.26 bits per heavy atom. The van der Waals surface area contributed by atoms with Crippen molar-refractivity contribution in [2.24, 2.45) is 5.92 Å². The van der Waals surface area contributed by atoms with E-state index < -0.39 is 0 Å². The normalized spacial score (nSPS) is 18.8. The molecule has 5 nitrogen and oxygen atoms in total. The van der Waals surface area contributed by atoms with Crippen molar-refractivity contribution < 1.29 is 19.4 Å². The number of methoxy groups -OCH3 is 1. The second-order valence-electron chi connectivity index (χ2n) is 5.00. The maximum absolute atomic E-state index is 11.7. The molecule has 0 aliphatic carbocycles. The number of rotatable bonds is 4. The lowest BCUT2D eigenvalue weighted by atomic mass is 10.0. The average Bonchev–Trinajstić information content (AvgIpc) is 2.76. The standard InChI is InChI=1S/C14H19NO4/c1-8(2)13(14(17)18-3)15-11-7-19-12-6-9(16)4-5-10(11)12/h4-6,8,11,13,15-16H,7H2,1-3H3/t11?,13-/m0/s1. The van der Waals surface area contributed by atoms with Crippen molar-refractivity contribution >= 4 is 5.97 Å². The predicted octanol–water partition coefficient (Wildman–Crippen LogP) is 1.61. The Labute approximate surface area is 112 Å². The lowest BCUT2D eigenvalue weighted by Crippen LogP contribution is -2.44. The Hall–Kier alpha value is -1.75. The smallest absolute Gasteiger partial charge is 0.323 e. The Morgan fingerprint density at radius 1 is 1.53 bits per heavy atom. The van der Waals surface area contributed by atoms with E-state index >= 15 is 0 Å². The van der Waals surface area contributed by atoms with Crippen LogP contribution in [0.3, 0.4) is 0 Å². The highest BCUT2D eigenvalue weighted by Gasteiger charge is 2.31. The summed E-state index contributed by atoms with van der Waals surface area (Å²) >= 11 is 0. The Bertz CT molecular complexity index is 473. The summed E-state index contributed by atoms with van der Waals surface area (Å²) in [7, 11) is 1.39. The van der Waals surface area contributed by atoms with Crippen molar-refractivity contribution in [3.05, 3.63) is 23.8 Å². The lowest BCUT2D eigenvalue weighted by Gasteiger charge is -2.23. The zero-order valence-electron chi connectivity index (χ0n) is 11.3. The minimum atomic E-state index is -0.377. The first-order valence-corrected chi connectivity index (χ1v) is 6.32. The number of hydrogen-bond acceptors (Lipinski definition) is 5. The molecule has 5 heteroatoms. The molecule has 104 valence electrons. The van der Waals surface area contributed by atoms with Crippen molar-refractivity contribution in [1.29, 1.82) is 0 Å². The van der Waals surface area contributed by atoms with Gasteiger partial charge in [-0.15, -0.1) is 0 Å². The van der Waals surface area contributed by atoms with Crippen molar-refractivity contribution in [3.63, 3.8) is 0 Å². The average molecular weight is 265 g/mol. The van der Waals surface area contributed by atoms with Gasteiger partial charge in [0.15, 0.2) is 0 Å². The van der Waals surface area contributed by atoms with Crippen LogP contribution in [0.2, 0.25) is 0 Å². The van der Waals surface area contributed by atoms with Crippen LogP contribution >= 0.6 is 0 Å². The molecule has 1 aliphatic heterocycles. The Morgan fingerprint density at radius 3 is 2.89 bits per heavy atom. The second-order valence-corrected chi connectivity index (χ2v) is 5.00. The van der Waals surface area contributed by atoms with E-state index in [0.717, 1.165) is 5.56 Å². The van der Waals surface area contributed by atoms with Crippen LogP contribution in [0.1, 0.15) is 25.5 Å². The summed E-state index contributed by atoms with van der Waals surface area (Å²) in [6, 6.07) is 4.56. The van der Waals surface area contributed by atoms with E-state index in [1.807, 2.05) is 19.9 Å².